The Morgan fingerprint density at radius 1 is 0.667 bits per heavy atom. The van der Waals surface area contributed by atoms with Gasteiger partial charge in [0.2, 0.25) is 0 Å². The minimum Gasteiger partial charge on any atom is -0.368 e. The third-order valence-electron chi connectivity index (χ3n) is 7.38. The highest BCUT2D eigenvalue weighted by atomic mass is 16.8. The highest BCUT2D eigenvalue weighted by Gasteiger charge is 2.56. The molecular formula is C34H34O5. The second-order valence-corrected chi connectivity index (χ2v) is 10.5. The van der Waals surface area contributed by atoms with E-state index in [1.54, 1.807) is 0 Å². The first kappa shape index (κ1) is 25.9. The molecule has 0 bridgehead atoms. The number of benzene rings is 4. The molecule has 0 amide bonds. The maximum atomic E-state index is 7.06. The SMILES string of the molecule is CC1(C)O[C@H]2O[C@H](COC(c3ccccc3)(c3ccccc3)c3ccccc3)[C@H](OCc3ccccc3)[C@H]2O1. The first-order valence-corrected chi connectivity index (χ1v) is 13.5. The van der Waals surface area contributed by atoms with E-state index in [9.17, 15) is 0 Å². The van der Waals surface area contributed by atoms with E-state index in [1.807, 2.05) is 86.6 Å². The molecule has 4 atom stereocenters. The molecule has 0 aliphatic carbocycles. The van der Waals surface area contributed by atoms with E-state index in [0.717, 1.165) is 22.3 Å². The monoisotopic (exact) mass is 522 g/mol. The third kappa shape index (κ3) is 5.29. The molecule has 0 unspecified atom stereocenters. The average Bonchev–Trinajstić information content (AvgIpc) is 3.45. The first-order chi connectivity index (χ1) is 19.1. The van der Waals surface area contributed by atoms with Crippen LogP contribution in [0.25, 0.3) is 0 Å². The van der Waals surface area contributed by atoms with Gasteiger partial charge in [0.1, 0.15) is 23.9 Å². The Morgan fingerprint density at radius 3 is 1.67 bits per heavy atom. The summed E-state index contributed by atoms with van der Waals surface area (Å²) < 4.78 is 32.3. The molecule has 2 heterocycles. The molecule has 2 aliphatic heterocycles. The Hall–Kier alpha value is -3.32. The van der Waals surface area contributed by atoms with Crippen LogP contribution in [-0.2, 0) is 35.9 Å². The van der Waals surface area contributed by atoms with Crippen LogP contribution in [0.2, 0.25) is 0 Å². The topological polar surface area (TPSA) is 46.2 Å². The Kier molecular flexibility index (Phi) is 7.34. The van der Waals surface area contributed by atoms with Gasteiger partial charge in [0.25, 0.3) is 0 Å². The lowest BCUT2D eigenvalue weighted by atomic mass is 9.80. The Morgan fingerprint density at radius 2 is 1.15 bits per heavy atom. The largest absolute Gasteiger partial charge is 0.368 e. The van der Waals surface area contributed by atoms with Crippen molar-refractivity contribution in [2.24, 2.45) is 0 Å². The summed E-state index contributed by atoms with van der Waals surface area (Å²) in [5, 5.41) is 0. The zero-order chi connectivity index (χ0) is 26.7. The van der Waals surface area contributed by atoms with Crippen LogP contribution >= 0.6 is 0 Å². The van der Waals surface area contributed by atoms with Gasteiger partial charge in [-0.25, -0.2) is 0 Å². The van der Waals surface area contributed by atoms with Crippen LogP contribution in [0.3, 0.4) is 0 Å². The molecule has 2 aliphatic rings. The lowest BCUT2D eigenvalue weighted by Crippen LogP contribution is -2.42. The highest BCUT2D eigenvalue weighted by molar-refractivity contribution is 5.47. The molecule has 4 aromatic carbocycles. The zero-order valence-electron chi connectivity index (χ0n) is 22.3. The number of hydrogen-bond acceptors (Lipinski definition) is 5. The molecule has 5 nitrogen and oxygen atoms in total. The zero-order valence-corrected chi connectivity index (χ0v) is 22.3. The van der Waals surface area contributed by atoms with Crippen molar-refractivity contribution in [2.45, 2.75) is 56.4 Å². The molecule has 39 heavy (non-hydrogen) atoms. The van der Waals surface area contributed by atoms with Gasteiger partial charge < -0.3 is 23.7 Å². The Bertz CT molecular complexity index is 1230. The van der Waals surface area contributed by atoms with E-state index in [1.165, 1.54) is 0 Å². The van der Waals surface area contributed by atoms with Crippen LogP contribution < -0.4 is 0 Å². The standard InChI is InChI=1S/C34H34O5/c1-33(2)38-31-30(35-23-25-15-7-3-8-16-25)29(37-32(31)39-33)24-36-34(26-17-9-4-10-18-26,27-19-11-5-12-20-27)28-21-13-6-14-22-28/h3-22,29-32H,23-24H2,1-2H3/t29-,30+,31-,32-/m1/s1. The second-order valence-electron chi connectivity index (χ2n) is 10.5. The van der Waals surface area contributed by atoms with Gasteiger partial charge in [-0.2, -0.15) is 0 Å². The number of hydrogen-bond donors (Lipinski definition) is 0. The van der Waals surface area contributed by atoms with Crippen LogP contribution in [-0.4, -0.2) is 37.0 Å². The van der Waals surface area contributed by atoms with Gasteiger partial charge in [0.05, 0.1) is 13.2 Å². The fourth-order valence-electron chi connectivity index (χ4n) is 5.62. The summed E-state index contributed by atoms with van der Waals surface area (Å²) >= 11 is 0. The quantitative estimate of drug-likeness (QED) is 0.236. The van der Waals surface area contributed by atoms with E-state index in [4.69, 9.17) is 23.7 Å². The minimum atomic E-state index is -0.851. The highest BCUT2D eigenvalue weighted by Crippen LogP contribution is 2.43. The van der Waals surface area contributed by atoms with Crippen molar-refractivity contribution < 1.29 is 23.7 Å². The van der Waals surface area contributed by atoms with Gasteiger partial charge in [0, 0.05) is 0 Å². The van der Waals surface area contributed by atoms with Crippen molar-refractivity contribution in [1.29, 1.82) is 0 Å². The van der Waals surface area contributed by atoms with Gasteiger partial charge in [0.15, 0.2) is 12.1 Å². The average molecular weight is 523 g/mol. The third-order valence-corrected chi connectivity index (χ3v) is 7.38. The first-order valence-electron chi connectivity index (χ1n) is 13.5. The Balaban J connectivity index is 1.34. The van der Waals surface area contributed by atoms with Crippen molar-refractivity contribution >= 4 is 0 Å². The van der Waals surface area contributed by atoms with Crippen LogP contribution in [0.1, 0.15) is 36.1 Å². The van der Waals surface area contributed by atoms with Gasteiger partial charge in [-0.1, -0.05) is 121 Å². The molecule has 200 valence electrons. The molecule has 2 fully saturated rings. The van der Waals surface area contributed by atoms with Gasteiger partial charge in [-0.05, 0) is 36.1 Å². The summed E-state index contributed by atoms with van der Waals surface area (Å²) in [6.07, 6.45) is -1.63. The minimum absolute atomic E-state index is 0.276. The van der Waals surface area contributed by atoms with E-state index in [-0.39, 0.29) is 18.8 Å². The summed E-state index contributed by atoms with van der Waals surface area (Å²) in [6.45, 7) is 4.53. The second kappa shape index (κ2) is 11.0. The molecular weight excluding hydrogens is 488 g/mol. The summed E-state index contributed by atoms with van der Waals surface area (Å²) in [5.74, 6) is -0.739. The summed E-state index contributed by atoms with van der Waals surface area (Å²) in [7, 11) is 0. The van der Waals surface area contributed by atoms with Crippen LogP contribution in [0.5, 0.6) is 0 Å². The molecule has 0 aromatic heterocycles. The van der Waals surface area contributed by atoms with E-state index < -0.39 is 23.8 Å². The molecule has 0 N–H and O–H groups in total. The van der Waals surface area contributed by atoms with Crippen molar-refractivity contribution in [3.63, 3.8) is 0 Å². The van der Waals surface area contributed by atoms with Crippen LogP contribution in [0.15, 0.2) is 121 Å². The molecule has 0 saturated carbocycles. The fraction of sp³-hybridized carbons (Fsp3) is 0.294. The number of rotatable bonds is 9. The van der Waals surface area contributed by atoms with Crippen LogP contribution in [0.4, 0.5) is 0 Å². The summed E-state index contributed by atoms with van der Waals surface area (Å²) in [5.41, 5.74) is 3.35. The van der Waals surface area contributed by atoms with E-state index in [0.29, 0.717) is 6.61 Å². The maximum Gasteiger partial charge on any atom is 0.190 e. The number of ether oxygens (including phenoxy) is 5. The van der Waals surface area contributed by atoms with Gasteiger partial charge in [-0.15, -0.1) is 0 Å². The normalized spacial score (nSPS) is 23.9. The molecule has 0 radical (unpaired) electrons. The lowest BCUT2D eigenvalue weighted by Gasteiger charge is -2.37. The van der Waals surface area contributed by atoms with Crippen LogP contribution in [0, 0.1) is 0 Å². The molecule has 0 spiro atoms. The molecule has 5 heteroatoms. The predicted molar refractivity (Wildman–Crippen MR) is 149 cm³/mol. The van der Waals surface area contributed by atoms with Gasteiger partial charge >= 0.3 is 0 Å². The van der Waals surface area contributed by atoms with Crippen molar-refractivity contribution in [3.8, 4) is 0 Å². The molecule has 6 rings (SSSR count). The lowest BCUT2D eigenvalue weighted by molar-refractivity contribution is -0.227. The van der Waals surface area contributed by atoms with E-state index in [2.05, 4.69) is 48.5 Å². The van der Waals surface area contributed by atoms with Crippen molar-refractivity contribution in [1.82, 2.24) is 0 Å². The predicted octanol–water partition coefficient (Wildman–Crippen LogP) is 6.46. The van der Waals surface area contributed by atoms with E-state index >= 15 is 0 Å². The summed E-state index contributed by atoms with van der Waals surface area (Å²) in [4.78, 5) is 0. The van der Waals surface area contributed by atoms with Crippen molar-refractivity contribution in [2.75, 3.05) is 6.61 Å². The molecule has 4 aromatic rings. The number of fused-ring (bicyclic) bond motifs is 1. The summed E-state index contributed by atoms with van der Waals surface area (Å²) in [6, 6.07) is 41.2. The Labute approximate surface area is 230 Å². The van der Waals surface area contributed by atoms with Gasteiger partial charge in [-0.3, -0.25) is 0 Å². The molecule has 2 saturated heterocycles. The fourth-order valence-corrected chi connectivity index (χ4v) is 5.62. The smallest absolute Gasteiger partial charge is 0.190 e. The van der Waals surface area contributed by atoms with Crippen molar-refractivity contribution in [3.05, 3.63) is 144 Å². The maximum absolute atomic E-state index is 7.06.